The van der Waals surface area contributed by atoms with Gasteiger partial charge in [0.2, 0.25) is 21.8 Å². The smallest absolute Gasteiger partial charge is 0.247 e. The number of carbonyl (C=O) groups is 2. The molecule has 7 nitrogen and oxygen atoms in total. The van der Waals surface area contributed by atoms with E-state index in [1.807, 2.05) is 0 Å². The van der Waals surface area contributed by atoms with Crippen molar-refractivity contribution in [1.82, 2.24) is 9.62 Å². The highest BCUT2D eigenvalue weighted by Gasteiger charge is 2.19. The lowest BCUT2D eigenvalue weighted by Crippen LogP contribution is -2.30. The standard InChI is InChI=1S/C16H21N3O4S/c1-2-15(20)18-13-6-8-14(9-7-13)24(22,23)17-10-4-12-19-11-3-5-16(19)21/h2,6-9,17H,1,3-5,10-12H2,(H,18,20). The van der Waals surface area contributed by atoms with Crippen LogP contribution in [0.1, 0.15) is 19.3 Å². The first-order valence-electron chi connectivity index (χ1n) is 7.73. The first-order valence-corrected chi connectivity index (χ1v) is 9.21. The second-order valence-corrected chi connectivity index (χ2v) is 7.22. The van der Waals surface area contributed by atoms with Gasteiger partial charge in [0, 0.05) is 31.7 Å². The van der Waals surface area contributed by atoms with E-state index in [0.29, 0.717) is 25.1 Å². The van der Waals surface area contributed by atoms with Crippen molar-refractivity contribution in [2.75, 3.05) is 25.0 Å². The van der Waals surface area contributed by atoms with Crippen LogP contribution in [0.25, 0.3) is 0 Å². The van der Waals surface area contributed by atoms with E-state index in [0.717, 1.165) is 19.0 Å². The zero-order valence-corrected chi connectivity index (χ0v) is 14.1. The number of rotatable bonds is 8. The van der Waals surface area contributed by atoms with Crippen LogP contribution < -0.4 is 10.0 Å². The summed E-state index contributed by atoms with van der Waals surface area (Å²) in [7, 11) is -3.61. The molecule has 0 spiro atoms. The van der Waals surface area contributed by atoms with Crippen molar-refractivity contribution in [3.8, 4) is 0 Å². The minimum atomic E-state index is -3.61. The fraction of sp³-hybridized carbons (Fsp3) is 0.375. The SMILES string of the molecule is C=CC(=O)Nc1ccc(S(=O)(=O)NCCCN2CCCC2=O)cc1. The molecule has 0 unspecified atom stereocenters. The molecule has 1 aliphatic heterocycles. The van der Waals surface area contributed by atoms with E-state index in [9.17, 15) is 18.0 Å². The van der Waals surface area contributed by atoms with Crippen LogP contribution in [0.3, 0.4) is 0 Å². The molecule has 2 N–H and O–H groups in total. The molecule has 0 bridgehead atoms. The van der Waals surface area contributed by atoms with Gasteiger partial charge in [-0.2, -0.15) is 0 Å². The third kappa shape index (κ3) is 4.90. The number of hydrogen-bond donors (Lipinski definition) is 2. The largest absolute Gasteiger partial charge is 0.343 e. The molecule has 1 aromatic rings. The quantitative estimate of drug-likeness (QED) is 0.541. The van der Waals surface area contributed by atoms with Gasteiger partial charge in [-0.05, 0) is 43.2 Å². The average molecular weight is 351 g/mol. The van der Waals surface area contributed by atoms with Gasteiger partial charge in [0.15, 0.2) is 0 Å². The minimum absolute atomic E-state index is 0.122. The number of benzene rings is 1. The molecule has 1 fully saturated rings. The number of nitrogens with one attached hydrogen (secondary N) is 2. The summed E-state index contributed by atoms with van der Waals surface area (Å²) in [4.78, 5) is 24.5. The Hall–Kier alpha value is -2.19. The molecule has 0 saturated carbocycles. The van der Waals surface area contributed by atoms with Crippen LogP contribution in [0.15, 0.2) is 41.8 Å². The van der Waals surface area contributed by atoms with E-state index in [4.69, 9.17) is 0 Å². The van der Waals surface area contributed by atoms with Crippen molar-refractivity contribution in [1.29, 1.82) is 0 Å². The lowest BCUT2D eigenvalue weighted by atomic mass is 10.3. The summed E-state index contributed by atoms with van der Waals surface area (Å²) in [5, 5.41) is 2.55. The molecule has 0 radical (unpaired) electrons. The Morgan fingerprint density at radius 1 is 1.29 bits per heavy atom. The lowest BCUT2D eigenvalue weighted by molar-refractivity contribution is -0.127. The molecule has 1 saturated heterocycles. The molecule has 1 aliphatic rings. The summed E-state index contributed by atoms with van der Waals surface area (Å²) < 4.78 is 26.9. The number of anilines is 1. The molecule has 130 valence electrons. The number of hydrogen-bond acceptors (Lipinski definition) is 4. The lowest BCUT2D eigenvalue weighted by Gasteiger charge is -2.15. The van der Waals surface area contributed by atoms with Crippen molar-refractivity contribution in [3.63, 3.8) is 0 Å². The topological polar surface area (TPSA) is 95.6 Å². The molecule has 0 aromatic heterocycles. The minimum Gasteiger partial charge on any atom is -0.343 e. The third-order valence-corrected chi connectivity index (χ3v) is 5.16. The third-order valence-electron chi connectivity index (χ3n) is 3.69. The summed E-state index contributed by atoms with van der Waals surface area (Å²) in [6.45, 7) is 4.93. The number of likely N-dealkylation sites (tertiary alicyclic amines) is 1. The zero-order chi connectivity index (χ0) is 17.6. The fourth-order valence-electron chi connectivity index (χ4n) is 2.41. The molecule has 24 heavy (non-hydrogen) atoms. The second-order valence-electron chi connectivity index (χ2n) is 5.45. The van der Waals surface area contributed by atoms with Crippen LogP contribution in [-0.4, -0.2) is 44.8 Å². The Bertz CT molecular complexity index is 713. The van der Waals surface area contributed by atoms with Gasteiger partial charge in [0.1, 0.15) is 0 Å². The van der Waals surface area contributed by atoms with Crippen molar-refractivity contribution < 1.29 is 18.0 Å². The van der Waals surface area contributed by atoms with Crippen LogP contribution in [0.2, 0.25) is 0 Å². The summed E-state index contributed by atoms with van der Waals surface area (Å²) in [5.41, 5.74) is 0.492. The zero-order valence-electron chi connectivity index (χ0n) is 13.3. The Balaban J connectivity index is 1.84. The molecule has 2 rings (SSSR count). The monoisotopic (exact) mass is 351 g/mol. The molecule has 0 aliphatic carbocycles. The first kappa shape index (κ1) is 18.2. The summed E-state index contributed by atoms with van der Waals surface area (Å²) in [6, 6.07) is 5.87. The maximum Gasteiger partial charge on any atom is 0.247 e. The first-order chi connectivity index (χ1) is 11.4. The summed E-state index contributed by atoms with van der Waals surface area (Å²) in [5.74, 6) is -0.227. The Kier molecular flexibility index (Phi) is 6.10. The number of sulfonamides is 1. The van der Waals surface area contributed by atoms with Gasteiger partial charge in [-0.1, -0.05) is 6.58 Å². The average Bonchev–Trinajstić information content (AvgIpc) is 2.97. The number of carbonyl (C=O) groups excluding carboxylic acids is 2. The van der Waals surface area contributed by atoms with E-state index >= 15 is 0 Å². The highest BCUT2D eigenvalue weighted by molar-refractivity contribution is 7.89. The van der Waals surface area contributed by atoms with E-state index in [-0.39, 0.29) is 23.3 Å². The Morgan fingerprint density at radius 2 is 2.00 bits per heavy atom. The van der Waals surface area contributed by atoms with Gasteiger partial charge in [-0.3, -0.25) is 9.59 Å². The molecular weight excluding hydrogens is 330 g/mol. The predicted octanol–water partition coefficient (Wildman–Crippen LogP) is 1.10. The van der Waals surface area contributed by atoms with Crippen LogP contribution >= 0.6 is 0 Å². The van der Waals surface area contributed by atoms with Gasteiger partial charge in [-0.15, -0.1) is 0 Å². The van der Waals surface area contributed by atoms with E-state index in [2.05, 4.69) is 16.6 Å². The van der Waals surface area contributed by atoms with Crippen LogP contribution in [0.5, 0.6) is 0 Å². The summed E-state index contributed by atoms with van der Waals surface area (Å²) in [6.07, 6.45) is 3.16. The predicted molar refractivity (Wildman–Crippen MR) is 90.9 cm³/mol. The highest BCUT2D eigenvalue weighted by atomic mass is 32.2. The Morgan fingerprint density at radius 3 is 2.58 bits per heavy atom. The van der Waals surface area contributed by atoms with Gasteiger partial charge < -0.3 is 10.2 Å². The second kappa shape index (κ2) is 8.07. The molecule has 1 aromatic carbocycles. The summed E-state index contributed by atoms with van der Waals surface area (Å²) >= 11 is 0. The van der Waals surface area contributed by atoms with Gasteiger partial charge in [-0.25, -0.2) is 13.1 Å². The van der Waals surface area contributed by atoms with E-state index in [1.54, 1.807) is 4.90 Å². The normalized spacial score (nSPS) is 14.7. The molecular formula is C16H21N3O4S. The Labute approximate surface area is 141 Å². The molecule has 0 atom stereocenters. The van der Waals surface area contributed by atoms with E-state index < -0.39 is 10.0 Å². The fourth-order valence-corrected chi connectivity index (χ4v) is 3.49. The van der Waals surface area contributed by atoms with Crippen LogP contribution in [-0.2, 0) is 19.6 Å². The van der Waals surface area contributed by atoms with Gasteiger partial charge in [0.25, 0.3) is 0 Å². The molecule has 1 heterocycles. The van der Waals surface area contributed by atoms with Crippen LogP contribution in [0.4, 0.5) is 5.69 Å². The van der Waals surface area contributed by atoms with Gasteiger partial charge >= 0.3 is 0 Å². The van der Waals surface area contributed by atoms with Crippen molar-refractivity contribution >= 4 is 27.5 Å². The van der Waals surface area contributed by atoms with Crippen molar-refractivity contribution in [2.45, 2.75) is 24.2 Å². The van der Waals surface area contributed by atoms with E-state index in [1.165, 1.54) is 24.3 Å². The van der Waals surface area contributed by atoms with Crippen molar-refractivity contribution in [3.05, 3.63) is 36.9 Å². The number of nitrogens with zero attached hydrogens (tertiary/aromatic N) is 1. The molecule has 8 heteroatoms. The maximum atomic E-state index is 12.2. The highest BCUT2D eigenvalue weighted by Crippen LogP contribution is 2.14. The van der Waals surface area contributed by atoms with Gasteiger partial charge in [0.05, 0.1) is 4.90 Å². The van der Waals surface area contributed by atoms with Crippen molar-refractivity contribution in [2.24, 2.45) is 0 Å². The maximum absolute atomic E-state index is 12.2. The molecule has 2 amide bonds. The number of amides is 2. The van der Waals surface area contributed by atoms with Crippen LogP contribution in [0, 0.1) is 0 Å².